The van der Waals surface area contributed by atoms with Crippen LogP contribution in [0.15, 0.2) is 36.4 Å². The van der Waals surface area contributed by atoms with Crippen molar-refractivity contribution in [2.24, 2.45) is 0 Å². The molecule has 2 aromatic carbocycles. The summed E-state index contributed by atoms with van der Waals surface area (Å²) in [4.78, 5) is 10.8. The third-order valence-electron chi connectivity index (χ3n) is 2.80. The van der Waals surface area contributed by atoms with Gasteiger partial charge in [0.05, 0.1) is 5.56 Å². The molecule has 2 aromatic rings. The molecule has 0 spiro atoms. The fourth-order valence-electron chi connectivity index (χ4n) is 1.70. The summed E-state index contributed by atoms with van der Waals surface area (Å²) in [5.41, 5.74) is 0.569. The number of hydrogen-bond donors (Lipinski definition) is 1. The van der Waals surface area contributed by atoms with Crippen LogP contribution < -0.4 is 4.74 Å². The van der Waals surface area contributed by atoms with Gasteiger partial charge in [0.25, 0.3) is 0 Å². The number of rotatable bonds is 4. The first kappa shape index (κ1) is 14.0. The predicted octanol–water partition coefficient (Wildman–Crippen LogP) is 3.55. The third-order valence-corrected chi connectivity index (χ3v) is 2.80. The van der Waals surface area contributed by atoms with Crippen LogP contribution in [0.2, 0.25) is 0 Å². The van der Waals surface area contributed by atoms with E-state index < -0.39 is 17.3 Å². The second-order valence-electron chi connectivity index (χ2n) is 4.32. The molecule has 2 rings (SSSR count). The Morgan fingerprint density at radius 1 is 1.15 bits per heavy atom. The Bertz CT molecular complexity index is 654. The van der Waals surface area contributed by atoms with Gasteiger partial charge in [-0.3, -0.25) is 0 Å². The molecule has 0 atom stereocenters. The summed E-state index contributed by atoms with van der Waals surface area (Å²) in [5, 5.41) is 8.82. The average Bonchev–Trinajstić information content (AvgIpc) is 2.41. The molecule has 0 amide bonds. The fraction of sp³-hybridized carbons (Fsp3) is 0.133. The molecule has 0 aliphatic carbocycles. The molecule has 1 N–H and O–H groups in total. The number of halogens is 2. The first-order valence-corrected chi connectivity index (χ1v) is 5.88. The number of hydrogen-bond acceptors (Lipinski definition) is 2. The van der Waals surface area contributed by atoms with E-state index in [1.54, 1.807) is 6.92 Å². The molecule has 0 radical (unpaired) electrons. The van der Waals surface area contributed by atoms with E-state index in [9.17, 15) is 13.6 Å². The van der Waals surface area contributed by atoms with Crippen molar-refractivity contribution in [2.75, 3.05) is 0 Å². The number of carboxylic acid groups (broad SMARTS) is 1. The Balaban J connectivity index is 2.12. The minimum absolute atomic E-state index is 0.0750. The van der Waals surface area contributed by atoms with E-state index in [0.717, 1.165) is 6.07 Å². The molecule has 0 saturated carbocycles. The predicted molar refractivity (Wildman–Crippen MR) is 68.8 cm³/mol. The van der Waals surface area contributed by atoms with E-state index >= 15 is 0 Å². The molecule has 5 heteroatoms. The van der Waals surface area contributed by atoms with Gasteiger partial charge in [-0.1, -0.05) is 6.07 Å². The van der Waals surface area contributed by atoms with Crippen LogP contribution in [0.5, 0.6) is 5.75 Å². The molecule has 0 unspecified atom stereocenters. The summed E-state index contributed by atoms with van der Waals surface area (Å²) in [6.07, 6.45) is 0. The van der Waals surface area contributed by atoms with Crippen molar-refractivity contribution >= 4 is 5.97 Å². The molecule has 0 aromatic heterocycles. The topological polar surface area (TPSA) is 46.5 Å². The van der Waals surface area contributed by atoms with Crippen molar-refractivity contribution in [3.8, 4) is 5.75 Å². The highest BCUT2D eigenvalue weighted by atomic mass is 19.1. The van der Waals surface area contributed by atoms with Crippen molar-refractivity contribution in [1.82, 2.24) is 0 Å². The van der Waals surface area contributed by atoms with E-state index in [0.29, 0.717) is 16.9 Å². The van der Waals surface area contributed by atoms with Gasteiger partial charge >= 0.3 is 5.97 Å². The van der Waals surface area contributed by atoms with Gasteiger partial charge in [0.1, 0.15) is 24.0 Å². The van der Waals surface area contributed by atoms with Crippen molar-refractivity contribution in [3.63, 3.8) is 0 Å². The quantitative estimate of drug-likeness (QED) is 0.930. The standard InChI is InChI=1S/C15H12F2O3/c1-9-6-11(3-5-13(9)16)20-8-10-2-4-14(17)12(7-10)15(18)19/h2-7H,8H2,1H3,(H,18,19). The second-order valence-corrected chi connectivity index (χ2v) is 4.32. The van der Waals surface area contributed by atoms with Gasteiger partial charge in [-0.25, -0.2) is 13.6 Å². The number of benzene rings is 2. The summed E-state index contributed by atoms with van der Waals surface area (Å²) in [6, 6.07) is 8.04. The largest absolute Gasteiger partial charge is 0.489 e. The van der Waals surface area contributed by atoms with E-state index in [1.807, 2.05) is 0 Å². The maximum absolute atomic E-state index is 13.2. The van der Waals surface area contributed by atoms with Gasteiger partial charge in [-0.2, -0.15) is 0 Å². The Kier molecular flexibility index (Phi) is 3.98. The smallest absolute Gasteiger partial charge is 0.338 e. The lowest BCUT2D eigenvalue weighted by Crippen LogP contribution is -2.03. The summed E-state index contributed by atoms with van der Waals surface area (Å²) in [5.74, 6) is -1.99. The second kappa shape index (κ2) is 5.69. The third kappa shape index (κ3) is 3.12. The van der Waals surface area contributed by atoms with Crippen molar-refractivity contribution in [1.29, 1.82) is 0 Å². The van der Waals surface area contributed by atoms with E-state index in [2.05, 4.69) is 0 Å². The molecule has 0 saturated heterocycles. The van der Waals surface area contributed by atoms with Crippen molar-refractivity contribution in [3.05, 3.63) is 64.7 Å². The Labute approximate surface area is 114 Å². The zero-order chi connectivity index (χ0) is 14.7. The van der Waals surface area contributed by atoms with Gasteiger partial charge in [-0.15, -0.1) is 0 Å². The maximum Gasteiger partial charge on any atom is 0.338 e. The number of carbonyl (C=O) groups is 1. The van der Waals surface area contributed by atoms with E-state index in [1.165, 1.54) is 30.3 Å². The van der Waals surface area contributed by atoms with Crippen LogP contribution in [0.3, 0.4) is 0 Å². The number of ether oxygens (including phenoxy) is 1. The fourth-order valence-corrected chi connectivity index (χ4v) is 1.70. The Morgan fingerprint density at radius 2 is 1.85 bits per heavy atom. The van der Waals surface area contributed by atoms with Crippen LogP contribution in [-0.2, 0) is 6.61 Å². The number of aromatic carboxylic acids is 1. The SMILES string of the molecule is Cc1cc(OCc2ccc(F)c(C(=O)O)c2)ccc1F. The highest BCUT2D eigenvalue weighted by molar-refractivity contribution is 5.88. The lowest BCUT2D eigenvalue weighted by molar-refractivity contribution is 0.0691. The summed E-state index contributed by atoms with van der Waals surface area (Å²) >= 11 is 0. The number of carboxylic acids is 1. The molecular formula is C15H12F2O3. The molecule has 3 nitrogen and oxygen atoms in total. The lowest BCUT2D eigenvalue weighted by Gasteiger charge is -2.08. The average molecular weight is 278 g/mol. The summed E-state index contributed by atoms with van der Waals surface area (Å²) in [6.45, 7) is 1.69. The zero-order valence-corrected chi connectivity index (χ0v) is 10.7. The normalized spacial score (nSPS) is 10.3. The highest BCUT2D eigenvalue weighted by Gasteiger charge is 2.11. The maximum atomic E-state index is 13.2. The molecule has 0 bridgehead atoms. The van der Waals surface area contributed by atoms with Gasteiger partial charge in [-0.05, 0) is 48.4 Å². The van der Waals surface area contributed by atoms with Gasteiger partial charge < -0.3 is 9.84 Å². The van der Waals surface area contributed by atoms with Crippen LogP contribution in [0.1, 0.15) is 21.5 Å². The highest BCUT2D eigenvalue weighted by Crippen LogP contribution is 2.18. The van der Waals surface area contributed by atoms with Crippen LogP contribution in [-0.4, -0.2) is 11.1 Å². The van der Waals surface area contributed by atoms with E-state index in [4.69, 9.17) is 9.84 Å². The minimum Gasteiger partial charge on any atom is -0.489 e. The molecular weight excluding hydrogens is 266 g/mol. The summed E-state index contributed by atoms with van der Waals surface area (Å²) < 4.78 is 31.7. The van der Waals surface area contributed by atoms with E-state index in [-0.39, 0.29) is 12.4 Å². The van der Waals surface area contributed by atoms with Crippen LogP contribution in [0, 0.1) is 18.6 Å². The first-order chi connectivity index (χ1) is 9.47. The Morgan fingerprint density at radius 3 is 2.50 bits per heavy atom. The Hall–Kier alpha value is -2.43. The molecule has 20 heavy (non-hydrogen) atoms. The first-order valence-electron chi connectivity index (χ1n) is 5.88. The van der Waals surface area contributed by atoms with Crippen LogP contribution in [0.4, 0.5) is 8.78 Å². The minimum atomic E-state index is -1.33. The molecule has 0 aliphatic rings. The van der Waals surface area contributed by atoms with Crippen molar-refractivity contribution < 1.29 is 23.4 Å². The zero-order valence-electron chi connectivity index (χ0n) is 10.7. The monoisotopic (exact) mass is 278 g/mol. The van der Waals surface area contributed by atoms with Gasteiger partial charge in [0.15, 0.2) is 0 Å². The van der Waals surface area contributed by atoms with Gasteiger partial charge in [0.2, 0.25) is 0 Å². The lowest BCUT2D eigenvalue weighted by atomic mass is 10.1. The molecule has 0 aliphatic heterocycles. The molecule has 104 valence electrons. The van der Waals surface area contributed by atoms with Crippen molar-refractivity contribution in [2.45, 2.75) is 13.5 Å². The molecule has 0 fully saturated rings. The van der Waals surface area contributed by atoms with Crippen LogP contribution >= 0.6 is 0 Å². The van der Waals surface area contributed by atoms with Gasteiger partial charge in [0, 0.05) is 0 Å². The number of aryl methyl sites for hydroxylation is 1. The van der Waals surface area contributed by atoms with Crippen LogP contribution in [0.25, 0.3) is 0 Å². The summed E-state index contributed by atoms with van der Waals surface area (Å²) in [7, 11) is 0. The molecule has 0 heterocycles.